The van der Waals surface area contributed by atoms with Crippen molar-refractivity contribution in [1.29, 1.82) is 0 Å². The molecule has 2 atom stereocenters. The Labute approximate surface area is 188 Å². The summed E-state index contributed by atoms with van der Waals surface area (Å²) in [4.78, 5) is 25.2. The van der Waals surface area contributed by atoms with Gasteiger partial charge in [-0.3, -0.25) is 9.59 Å². The van der Waals surface area contributed by atoms with Gasteiger partial charge >= 0.3 is 0 Å². The molecule has 0 aliphatic carbocycles. The van der Waals surface area contributed by atoms with Crippen molar-refractivity contribution in [3.8, 4) is 5.75 Å². The predicted molar refractivity (Wildman–Crippen MR) is 119 cm³/mol. The summed E-state index contributed by atoms with van der Waals surface area (Å²) in [5.74, 6) is -0.875. The van der Waals surface area contributed by atoms with E-state index >= 15 is 0 Å². The number of hydrogen-bond acceptors (Lipinski definition) is 6. The van der Waals surface area contributed by atoms with Gasteiger partial charge in [0.15, 0.2) is 5.79 Å². The lowest BCUT2D eigenvalue weighted by Crippen LogP contribution is -2.52. The molecule has 8 heteroatoms. The van der Waals surface area contributed by atoms with E-state index in [4.69, 9.17) is 18.9 Å². The second kappa shape index (κ2) is 11.1. The summed E-state index contributed by atoms with van der Waals surface area (Å²) in [6.45, 7) is 4.70. The van der Waals surface area contributed by atoms with E-state index in [-0.39, 0.29) is 24.9 Å². The van der Waals surface area contributed by atoms with Crippen LogP contribution in [0.1, 0.15) is 34.6 Å². The number of methoxy groups -OCH3 is 1. The first-order valence-corrected chi connectivity index (χ1v) is 10.6. The van der Waals surface area contributed by atoms with Gasteiger partial charge in [-0.05, 0) is 38.1 Å². The van der Waals surface area contributed by atoms with Crippen LogP contribution in [-0.2, 0) is 14.2 Å². The first kappa shape index (κ1) is 23.7. The highest BCUT2D eigenvalue weighted by atomic mass is 16.7. The van der Waals surface area contributed by atoms with Crippen LogP contribution in [0.2, 0.25) is 0 Å². The molecule has 2 aromatic carbocycles. The van der Waals surface area contributed by atoms with Crippen LogP contribution in [-0.4, -0.2) is 63.2 Å². The molecule has 3 rings (SSSR count). The van der Waals surface area contributed by atoms with Crippen molar-refractivity contribution < 1.29 is 28.5 Å². The molecule has 1 heterocycles. The van der Waals surface area contributed by atoms with Crippen LogP contribution < -0.4 is 15.4 Å². The van der Waals surface area contributed by atoms with E-state index in [9.17, 15) is 9.59 Å². The molecule has 8 nitrogen and oxygen atoms in total. The van der Waals surface area contributed by atoms with Crippen molar-refractivity contribution >= 4 is 11.8 Å². The van der Waals surface area contributed by atoms with Gasteiger partial charge in [-0.1, -0.05) is 30.3 Å². The molecule has 1 aliphatic rings. The fourth-order valence-electron chi connectivity index (χ4n) is 3.44. The first-order chi connectivity index (χ1) is 15.4. The highest BCUT2D eigenvalue weighted by Crippen LogP contribution is 2.21. The number of benzene rings is 2. The molecule has 0 bridgehead atoms. The number of para-hydroxylation sites is 1. The largest absolute Gasteiger partial charge is 0.496 e. The zero-order valence-corrected chi connectivity index (χ0v) is 18.6. The van der Waals surface area contributed by atoms with Crippen molar-refractivity contribution in [2.45, 2.75) is 31.8 Å². The van der Waals surface area contributed by atoms with Crippen LogP contribution >= 0.6 is 0 Å². The molecule has 2 N–H and O–H groups in total. The Bertz CT molecular complexity index is 902. The fraction of sp³-hybridized carbons (Fsp3) is 0.417. The van der Waals surface area contributed by atoms with E-state index in [0.717, 1.165) is 0 Å². The van der Waals surface area contributed by atoms with Gasteiger partial charge in [0.2, 0.25) is 0 Å². The van der Waals surface area contributed by atoms with Gasteiger partial charge in [0.25, 0.3) is 11.8 Å². The van der Waals surface area contributed by atoms with E-state index in [1.54, 1.807) is 48.5 Å². The SMILES string of the molecule is COc1ccccc1C(=O)NC[C@H]1OCCOC(C)(C)O[C@H]1CNC(=O)c1ccccc1. The van der Waals surface area contributed by atoms with Gasteiger partial charge in [-0.25, -0.2) is 0 Å². The van der Waals surface area contributed by atoms with Gasteiger partial charge < -0.3 is 29.6 Å². The Morgan fingerprint density at radius 1 is 0.938 bits per heavy atom. The molecule has 0 aromatic heterocycles. The average molecular weight is 443 g/mol. The molecule has 2 amide bonds. The summed E-state index contributed by atoms with van der Waals surface area (Å²) in [5, 5.41) is 5.78. The molecule has 0 radical (unpaired) electrons. The molecular weight excluding hydrogens is 412 g/mol. The van der Waals surface area contributed by atoms with Crippen molar-refractivity contribution in [3.63, 3.8) is 0 Å². The van der Waals surface area contributed by atoms with Crippen molar-refractivity contribution in [2.24, 2.45) is 0 Å². The number of hydrogen-bond donors (Lipinski definition) is 2. The monoisotopic (exact) mass is 442 g/mol. The summed E-state index contributed by atoms with van der Waals surface area (Å²) in [5.41, 5.74) is 0.982. The smallest absolute Gasteiger partial charge is 0.255 e. The molecule has 0 unspecified atom stereocenters. The summed E-state index contributed by atoms with van der Waals surface area (Å²) < 4.78 is 23.0. The fourth-order valence-corrected chi connectivity index (χ4v) is 3.44. The quantitative estimate of drug-likeness (QED) is 0.684. The van der Waals surface area contributed by atoms with Gasteiger partial charge in [0, 0.05) is 18.7 Å². The second-order valence-electron chi connectivity index (χ2n) is 7.80. The van der Waals surface area contributed by atoms with E-state index < -0.39 is 18.0 Å². The molecule has 1 saturated heterocycles. The third kappa shape index (κ3) is 6.53. The van der Waals surface area contributed by atoms with Gasteiger partial charge in [0.1, 0.15) is 18.0 Å². The van der Waals surface area contributed by atoms with Crippen LogP contribution in [0.4, 0.5) is 0 Å². The number of carbonyl (C=O) groups excluding carboxylic acids is 2. The average Bonchev–Trinajstić information content (AvgIpc) is 2.80. The van der Waals surface area contributed by atoms with E-state index in [1.165, 1.54) is 7.11 Å². The van der Waals surface area contributed by atoms with Crippen molar-refractivity contribution in [3.05, 3.63) is 65.7 Å². The Morgan fingerprint density at radius 2 is 1.59 bits per heavy atom. The minimum atomic E-state index is -0.864. The predicted octanol–water partition coefficient (Wildman–Crippen LogP) is 2.39. The lowest BCUT2D eigenvalue weighted by molar-refractivity contribution is -0.277. The molecule has 0 saturated carbocycles. The highest BCUT2D eigenvalue weighted by Gasteiger charge is 2.33. The third-order valence-electron chi connectivity index (χ3n) is 5.03. The Kier molecular flexibility index (Phi) is 8.21. The molecule has 32 heavy (non-hydrogen) atoms. The number of ether oxygens (including phenoxy) is 4. The van der Waals surface area contributed by atoms with Crippen LogP contribution in [0.25, 0.3) is 0 Å². The van der Waals surface area contributed by atoms with Gasteiger partial charge in [0.05, 0.1) is 25.9 Å². The number of rotatable bonds is 7. The maximum atomic E-state index is 12.7. The van der Waals surface area contributed by atoms with Crippen molar-refractivity contribution in [2.75, 3.05) is 33.4 Å². The normalized spacial score (nSPS) is 20.5. The molecule has 1 fully saturated rings. The number of carbonyl (C=O) groups is 2. The maximum absolute atomic E-state index is 12.7. The molecule has 172 valence electrons. The van der Waals surface area contributed by atoms with Crippen LogP contribution in [0.15, 0.2) is 54.6 Å². The zero-order chi connectivity index (χ0) is 23.0. The van der Waals surface area contributed by atoms with Crippen LogP contribution in [0.3, 0.4) is 0 Å². The van der Waals surface area contributed by atoms with E-state index in [1.807, 2.05) is 19.9 Å². The number of amides is 2. The standard InChI is InChI=1S/C24H30N2O6/c1-24(2)31-14-13-30-20(15-26-23(28)18-11-7-8-12-19(18)29-3)21(32-24)16-25-22(27)17-9-5-4-6-10-17/h4-12,20-21H,13-16H2,1-3H3,(H,25,27)(H,26,28)/t20-,21+/m1/s1. The Hall–Kier alpha value is -2.94. The third-order valence-corrected chi connectivity index (χ3v) is 5.03. The van der Waals surface area contributed by atoms with E-state index in [0.29, 0.717) is 30.1 Å². The Morgan fingerprint density at radius 3 is 2.34 bits per heavy atom. The van der Waals surface area contributed by atoms with Crippen LogP contribution in [0, 0.1) is 0 Å². The minimum Gasteiger partial charge on any atom is -0.496 e. The summed E-state index contributed by atoms with van der Waals surface area (Å²) in [6.07, 6.45) is -1.04. The zero-order valence-electron chi connectivity index (χ0n) is 18.6. The first-order valence-electron chi connectivity index (χ1n) is 10.6. The topological polar surface area (TPSA) is 95.1 Å². The van der Waals surface area contributed by atoms with Gasteiger partial charge in [-0.2, -0.15) is 0 Å². The second-order valence-corrected chi connectivity index (χ2v) is 7.80. The lowest BCUT2D eigenvalue weighted by Gasteiger charge is -2.37. The molecule has 1 aliphatic heterocycles. The Balaban J connectivity index is 1.68. The number of nitrogens with one attached hydrogen (secondary N) is 2. The summed E-state index contributed by atoms with van der Waals surface area (Å²) >= 11 is 0. The van der Waals surface area contributed by atoms with Crippen LogP contribution in [0.5, 0.6) is 5.75 Å². The van der Waals surface area contributed by atoms with Gasteiger partial charge in [-0.15, -0.1) is 0 Å². The molecular formula is C24H30N2O6. The highest BCUT2D eigenvalue weighted by molar-refractivity contribution is 5.97. The molecule has 2 aromatic rings. The van der Waals surface area contributed by atoms with Crippen molar-refractivity contribution in [1.82, 2.24) is 10.6 Å². The molecule has 0 spiro atoms. The maximum Gasteiger partial charge on any atom is 0.255 e. The summed E-state index contributed by atoms with van der Waals surface area (Å²) in [6, 6.07) is 15.9. The minimum absolute atomic E-state index is 0.190. The summed E-state index contributed by atoms with van der Waals surface area (Å²) in [7, 11) is 1.52. The van der Waals surface area contributed by atoms with E-state index in [2.05, 4.69) is 10.6 Å². The lowest BCUT2D eigenvalue weighted by atomic mass is 10.1.